The number of ether oxygens (including phenoxy) is 1. The second-order valence-corrected chi connectivity index (χ2v) is 8.43. The molecule has 1 aliphatic carbocycles. The Morgan fingerprint density at radius 1 is 0.852 bits per heavy atom. The molecule has 2 aromatic carbocycles. The zero-order chi connectivity index (χ0) is 19.1. The van der Waals surface area contributed by atoms with E-state index in [9.17, 15) is 5.11 Å². The van der Waals surface area contributed by atoms with Gasteiger partial charge in [0.2, 0.25) is 0 Å². The van der Waals surface area contributed by atoms with Crippen LogP contribution in [0, 0.1) is 0 Å². The van der Waals surface area contributed by atoms with E-state index in [-0.39, 0.29) is 6.10 Å². The Hall–Kier alpha value is -1.68. The highest BCUT2D eigenvalue weighted by Crippen LogP contribution is 2.28. The third-order valence-corrected chi connectivity index (χ3v) is 5.29. The van der Waals surface area contributed by atoms with E-state index >= 15 is 0 Å². The molecule has 0 aromatic heterocycles. The molecule has 0 bridgehead atoms. The van der Waals surface area contributed by atoms with Crippen molar-refractivity contribution in [2.75, 3.05) is 6.61 Å². The van der Waals surface area contributed by atoms with Gasteiger partial charge in [0.25, 0.3) is 0 Å². The number of benzene rings is 2. The predicted octanol–water partition coefficient (Wildman–Crippen LogP) is 4.79. The Balaban J connectivity index is 1.61. The quantitative estimate of drug-likeness (QED) is 0.728. The van der Waals surface area contributed by atoms with Gasteiger partial charge in [-0.05, 0) is 50.7 Å². The molecule has 2 aromatic rings. The van der Waals surface area contributed by atoms with Crippen molar-refractivity contribution >= 4 is 0 Å². The molecule has 27 heavy (non-hydrogen) atoms. The van der Waals surface area contributed by atoms with E-state index in [1.807, 2.05) is 0 Å². The van der Waals surface area contributed by atoms with Crippen LogP contribution in [0.5, 0.6) is 0 Å². The first-order chi connectivity index (χ1) is 13.0. The molecule has 1 saturated carbocycles. The van der Waals surface area contributed by atoms with Crippen LogP contribution in [0.2, 0.25) is 0 Å². The van der Waals surface area contributed by atoms with Crippen LogP contribution in [0.15, 0.2) is 60.7 Å². The number of hydrogen-bond donors (Lipinski definition) is 1. The lowest BCUT2D eigenvalue weighted by atomic mass is 9.91. The minimum Gasteiger partial charge on any atom is -0.388 e. The van der Waals surface area contributed by atoms with E-state index < -0.39 is 5.60 Å². The molecule has 1 fully saturated rings. The monoisotopic (exact) mass is 367 g/mol. The molecule has 0 amide bonds. The highest BCUT2D eigenvalue weighted by molar-refractivity contribution is 5.17. The van der Waals surface area contributed by atoms with E-state index in [1.54, 1.807) is 13.8 Å². The zero-order valence-corrected chi connectivity index (χ0v) is 16.7. The molecule has 0 unspecified atom stereocenters. The fourth-order valence-electron chi connectivity index (χ4n) is 3.85. The van der Waals surface area contributed by atoms with E-state index in [0.29, 0.717) is 12.6 Å². The van der Waals surface area contributed by atoms with Crippen molar-refractivity contribution in [3.05, 3.63) is 71.8 Å². The SMILES string of the molecule is CC(C)(O)CO[C@H]1CC[C@H](N(Cc2ccccc2)Cc2ccccc2)CC1. The van der Waals surface area contributed by atoms with Crippen LogP contribution < -0.4 is 0 Å². The fourth-order valence-corrected chi connectivity index (χ4v) is 3.85. The van der Waals surface area contributed by atoms with Crippen LogP contribution >= 0.6 is 0 Å². The molecular formula is C24H33NO2. The van der Waals surface area contributed by atoms with Gasteiger partial charge in [0.15, 0.2) is 0 Å². The Bertz CT molecular complexity index is 616. The third kappa shape index (κ3) is 6.76. The molecule has 1 aliphatic rings. The molecule has 0 radical (unpaired) electrons. The number of rotatable bonds is 8. The molecule has 1 N–H and O–H groups in total. The highest BCUT2D eigenvalue weighted by atomic mass is 16.5. The maximum Gasteiger partial charge on any atom is 0.0824 e. The summed E-state index contributed by atoms with van der Waals surface area (Å²) in [7, 11) is 0. The van der Waals surface area contributed by atoms with Crippen molar-refractivity contribution in [3.63, 3.8) is 0 Å². The van der Waals surface area contributed by atoms with Crippen LogP contribution in [0.4, 0.5) is 0 Å². The Morgan fingerprint density at radius 3 is 1.78 bits per heavy atom. The van der Waals surface area contributed by atoms with Crippen molar-refractivity contribution in [1.82, 2.24) is 4.90 Å². The first-order valence-corrected chi connectivity index (χ1v) is 10.2. The number of hydrogen-bond acceptors (Lipinski definition) is 3. The lowest BCUT2D eigenvalue weighted by molar-refractivity contribution is -0.0691. The molecule has 3 heteroatoms. The van der Waals surface area contributed by atoms with E-state index in [2.05, 4.69) is 65.6 Å². The van der Waals surface area contributed by atoms with Gasteiger partial charge in [0.05, 0.1) is 18.3 Å². The van der Waals surface area contributed by atoms with E-state index in [4.69, 9.17) is 4.74 Å². The highest BCUT2D eigenvalue weighted by Gasteiger charge is 2.27. The number of aliphatic hydroxyl groups is 1. The Morgan fingerprint density at radius 2 is 1.33 bits per heavy atom. The summed E-state index contributed by atoms with van der Waals surface area (Å²) in [6.45, 7) is 5.99. The first-order valence-electron chi connectivity index (χ1n) is 10.2. The summed E-state index contributed by atoms with van der Waals surface area (Å²) in [6, 6.07) is 22.1. The predicted molar refractivity (Wildman–Crippen MR) is 110 cm³/mol. The van der Waals surface area contributed by atoms with Crippen LogP contribution in [0.3, 0.4) is 0 Å². The molecule has 3 rings (SSSR count). The Labute approximate surface area is 164 Å². The van der Waals surface area contributed by atoms with Crippen LogP contribution in [0.25, 0.3) is 0 Å². The average Bonchev–Trinajstić information content (AvgIpc) is 2.67. The van der Waals surface area contributed by atoms with Gasteiger partial charge in [-0.25, -0.2) is 0 Å². The van der Waals surface area contributed by atoms with Crippen molar-refractivity contribution in [2.24, 2.45) is 0 Å². The summed E-state index contributed by atoms with van der Waals surface area (Å²) in [5.41, 5.74) is 1.99. The second kappa shape index (κ2) is 9.50. The minimum absolute atomic E-state index is 0.281. The summed E-state index contributed by atoms with van der Waals surface area (Å²) in [6.07, 6.45) is 4.72. The summed E-state index contributed by atoms with van der Waals surface area (Å²) in [5, 5.41) is 9.88. The smallest absolute Gasteiger partial charge is 0.0824 e. The maximum atomic E-state index is 9.88. The average molecular weight is 368 g/mol. The normalized spacial score (nSPS) is 20.7. The van der Waals surface area contributed by atoms with Gasteiger partial charge < -0.3 is 9.84 Å². The van der Waals surface area contributed by atoms with Crippen LogP contribution in [-0.4, -0.2) is 34.4 Å². The van der Waals surface area contributed by atoms with E-state index in [1.165, 1.54) is 11.1 Å². The molecular weight excluding hydrogens is 334 g/mol. The molecule has 0 aliphatic heterocycles. The summed E-state index contributed by atoms with van der Waals surface area (Å²) in [4.78, 5) is 2.62. The van der Waals surface area contributed by atoms with Crippen LogP contribution in [0.1, 0.15) is 50.7 Å². The van der Waals surface area contributed by atoms with E-state index in [0.717, 1.165) is 38.8 Å². The molecule has 3 nitrogen and oxygen atoms in total. The van der Waals surface area contributed by atoms with Gasteiger partial charge in [-0.15, -0.1) is 0 Å². The van der Waals surface area contributed by atoms with Gasteiger partial charge >= 0.3 is 0 Å². The largest absolute Gasteiger partial charge is 0.388 e. The number of nitrogens with zero attached hydrogens (tertiary/aromatic N) is 1. The van der Waals surface area contributed by atoms with Gasteiger partial charge in [-0.3, -0.25) is 4.90 Å². The lowest BCUT2D eigenvalue weighted by Gasteiger charge is -2.37. The lowest BCUT2D eigenvalue weighted by Crippen LogP contribution is -2.39. The maximum absolute atomic E-state index is 9.88. The fraction of sp³-hybridized carbons (Fsp3) is 0.500. The molecule has 0 spiro atoms. The van der Waals surface area contributed by atoms with Crippen molar-refractivity contribution in [2.45, 2.75) is 70.4 Å². The third-order valence-electron chi connectivity index (χ3n) is 5.29. The molecule has 0 atom stereocenters. The van der Waals surface area contributed by atoms with Crippen LogP contribution in [-0.2, 0) is 17.8 Å². The molecule has 0 saturated heterocycles. The van der Waals surface area contributed by atoms with Gasteiger partial charge in [0.1, 0.15) is 0 Å². The van der Waals surface area contributed by atoms with Gasteiger partial charge in [-0.1, -0.05) is 60.7 Å². The van der Waals surface area contributed by atoms with Gasteiger partial charge in [0, 0.05) is 19.1 Å². The zero-order valence-electron chi connectivity index (χ0n) is 16.7. The van der Waals surface area contributed by atoms with Crippen molar-refractivity contribution in [1.29, 1.82) is 0 Å². The molecule has 0 heterocycles. The second-order valence-electron chi connectivity index (χ2n) is 8.43. The molecule has 146 valence electrons. The van der Waals surface area contributed by atoms with Crippen molar-refractivity contribution < 1.29 is 9.84 Å². The Kier molecular flexibility index (Phi) is 7.06. The first kappa shape index (κ1) is 20.1. The summed E-state index contributed by atoms with van der Waals surface area (Å²) >= 11 is 0. The summed E-state index contributed by atoms with van der Waals surface area (Å²) < 4.78 is 5.94. The van der Waals surface area contributed by atoms with Gasteiger partial charge in [-0.2, -0.15) is 0 Å². The van der Waals surface area contributed by atoms with Crippen molar-refractivity contribution in [3.8, 4) is 0 Å². The standard InChI is InChI=1S/C24H33NO2/c1-24(2,26)19-27-23-15-13-22(14-16-23)25(17-20-9-5-3-6-10-20)18-21-11-7-4-8-12-21/h3-12,22-23,26H,13-19H2,1-2H3/t22-,23-. The minimum atomic E-state index is -0.747. The summed E-state index contributed by atoms with van der Waals surface area (Å²) in [5.74, 6) is 0. The topological polar surface area (TPSA) is 32.7 Å².